The number of likely N-dealkylation sites (tertiary alicyclic amines) is 1. The number of carboxylic acid groups (broad SMARTS) is 1. The second-order valence-corrected chi connectivity index (χ2v) is 10.1. The standard InChI is InChI=1S/C24H36FN3O4/c1-24(2,3)32-23(31)28-13-9-18(10-14-28)6-4-5-17-7-11-27(12-8-17)20-15-21(25)26-16-19(20)22(29)30/h15-18H,4-14H2,1-3H3,(H,29,30). The first kappa shape index (κ1) is 24.3. The van der Waals surface area contributed by atoms with Crippen molar-refractivity contribution in [2.75, 3.05) is 31.1 Å². The number of hydrogen-bond acceptors (Lipinski definition) is 5. The molecule has 0 unspecified atom stereocenters. The molecule has 7 nitrogen and oxygen atoms in total. The topological polar surface area (TPSA) is 83.0 Å². The van der Waals surface area contributed by atoms with Crippen LogP contribution in [-0.4, -0.2) is 58.8 Å². The van der Waals surface area contributed by atoms with Crippen LogP contribution in [0.5, 0.6) is 0 Å². The van der Waals surface area contributed by atoms with Crippen LogP contribution in [0.2, 0.25) is 0 Å². The fourth-order valence-corrected chi connectivity index (χ4v) is 4.74. The lowest BCUT2D eigenvalue weighted by molar-refractivity contribution is 0.0180. The number of hydrogen-bond donors (Lipinski definition) is 1. The monoisotopic (exact) mass is 449 g/mol. The van der Waals surface area contributed by atoms with Gasteiger partial charge >= 0.3 is 12.1 Å². The minimum absolute atomic E-state index is 0.0579. The molecule has 0 bridgehead atoms. The molecule has 3 heterocycles. The number of aromatic nitrogens is 1. The molecule has 0 saturated carbocycles. The molecule has 2 aliphatic heterocycles. The van der Waals surface area contributed by atoms with Crippen LogP contribution in [0.15, 0.2) is 12.3 Å². The van der Waals surface area contributed by atoms with Crippen LogP contribution >= 0.6 is 0 Å². The summed E-state index contributed by atoms with van der Waals surface area (Å²) in [6.07, 6.45) is 8.45. The van der Waals surface area contributed by atoms with Crippen molar-refractivity contribution >= 4 is 17.7 Å². The van der Waals surface area contributed by atoms with Crippen molar-refractivity contribution in [1.82, 2.24) is 9.88 Å². The molecule has 1 N–H and O–H groups in total. The third-order valence-corrected chi connectivity index (χ3v) is 6.53. The molecule has 178 valence electrons. The van der Waals surface area contributed by atoms with E-state index in [1.807, 2.05) is 30.6 Å². The maximum atomic E-state index is 13.6. The van der Waals surface area contributed by atoms with Crippen molar-refractivity contribution in [1.29, 1.82) is 0 Å². The van der Waals surface area contributed by atoms with E-state index in [9.17, 15) is 19.1 Å². The molecule has 0 aliphatic carbocycles. The number of carbonyl (C=O) groups is 2. The number of nitrogens with zero attached hydrogens (tertiary/aromatic N) is 3. The molecule has 0 atom stereocenters. The largest absolute Gasteiger partial charge is 0.478 e. The maximum Gasteiger partial charge on any atom is 0.410 e. The molecule has 3 rings (SSSR count). The lowest BCUT2D eigenvalue weighted by Gasteiger charge is -2.35. The van der Waals surface area contributed by atoms with Gasteiger partial charge in [0.2, 0.25) is 5.95 Å². The number of anilines is 1. The van der Waals surface area contributed by atoms with E-state index in [0.29, 0.717) is 17.5 Å². The van der Waals surface area contributed by atoms with E-state index in [2.05, 4.69) is 4.98 Å². The molecule has 1 aromatic rings. The van der Waals surface area contributed by atoms with Gasteiger partial charge in [0.05, 0.1) is 5.69 Å². The Labute approximate surface area is 189 Å². The summed E-state index contributed by atoms with van der Waals surface area (Å²) in [6, 6.07) is 1.23. The summed E-state index contributed by atoms with van der Waals surface area (Å²) < 4.78 is 19.0. The lowest BCUT2D eigenvalue weighted by atomic mass is 9.87. The van der Waals surface area contributed by atoms with Gasteiger partial charge in [0.15, 0.2) is 0 Å². The first-order valence-electron chi connectivity index (χ1n) is 11.7. The second-order valence-electron chi connectivity index (χ2n) is 10.1. The molecule has 0 radical (unpaired) electrons. The van der Waals surface area contributed by atoms with Crippen molar-refractivity contribution in [2.24, 2.45) is 11.8 Å². The van der Waals surface area contributed by atoms with E-state index in [4.69, 9.17) is 4.74 Å². The van der Waals surface area contributed by atoms with Gasteiger partial charge in [-0.05, 0) is 58.3 Å². The summed E-state index contributed by atoms with van der Waals surface area (Å²) in [5, 5.41) is 9.36. The Hall–Kier alpha value is -2.38. The molecule has 32 heavy (non-hydrogen) atoms. The van der Waals surface area contributed by atoms with Crippen LogP contribution in [0.25, 0.3) is 0 Å². The van der Waals surface area contributed by atoms with E-state index in [-0.39, 0.29) is 11.7 Å². The van der Waals surface area contributed by atoms with Crippen molar-refractivity contribution in [2.45, 2.75) is 71.3 Å². The van der Waals surface area contributed by atoms with E-state index >= 15 is 0 Å². The van der Waals surface area contributed by atoms with Gasteiger partial charge in [0, 0.05) is 38.4 Å². The highest BCUT2D eigenvalue weighted by molar-refractivity contribution is 5.94. The number of aromatic carboxylic acids is 1. The quantitative estimate of drug-likeness (QED) is 0.619. The highest BCUT2D eigenvalue weighted by Gasteiger charge is 2.27. The SMILES string of the molecule is CC(C)(C)OC(=O)N1CCC(CCCC2CCN(c3cc(F)ncc3C(=O)O)CC2)CC1. The third kappa shape index (κ3) is 6.81. The zero-order valence-electron chi connectivity index (χ0n) is 19.5. The second kappa shape index (κ2) is 10.5. The Morgan fingerprint density at radius 1 is 1.09 bits per heavy atom. The molecule has 1 aromatic heterocycles. The van der Waals surface area contributed by atoms with Crippen LogP contribution in [0.1, 0.15) is 76.1 Å². The van der Waals surface area contributed by atoms with Crippen LogP contribution in [0, 0.1) is 17.8 Å². The summed E-state index contributed by atoms with van der Waals surface area (Å²) in [7, 11) is 0. The van der Waals surface area contributed by atoms with E-state index in [1.54, 1.807) is 0 Å². The van der Waals surface area contributed by atoms with Gasteiger partial charge in [-0.3, -0.25) is 0 Å². The van der Waals surface area contributed by atoms with Gasteiger partial charge in [-0.2, -0.15) is 4.39 Å². The fourth-order valence-electron chi connectivity index (χ4n) is 4.74. The molecule has 0 aromatic carbocycles. The minimum atomic E-state index is -1.08. The number of carboxylic acids is 1. The number of amides is 1. The number of halogens is 1. The van der Waals surface area contributed by atoms with Gasteiger partial charge in [0.25, 0.3) is 0 Å². The molecular weight excluding hydrogens is 413 g/mol. The Morgan fingerprint density at radius 3 is 2.19 bits per heavy atom. The zero-order chi connectivity index (χ0) is 23.3. The fraction of sp³-hybridized carbons (Fsp3) is 0.708. The molecule has 2 aliphatic rings. The van der Waals surface area contributed by atoms with Gasteiger partial charge < -0.3 is 19.6 Å². The Morgan fingerprint density at radius 2 is 1.66 bits per heavy atom. The van der Waals surface area contributed by atoms with Crippen LogP contribution in [0.4, 0.5) is 14.9 Å². The summed E-state index contributed by atoms with van der Waals surface area (Å²) >= 11 is 0. The summed E-state index contributed by atoms with van der Waals surface area (Å²) in [4.78, 5) is 30.9. The Kier molecular flexibility index (Phi) is 7.96. The van der Waals surface area contributed by atoms with Gasteiger partial charge in [-0.25, -0.2) is 14.6 Å². The van der Waals surface area contributed by atoms with E-state index in [0.717, 1.165) is 64.5 Å². The highest BCUT2D eigenvalue weighted by atomic mass is 19.1. The van der Waals surface area contributed by atoms with Gasteiger partial charge in [-0.15, -0.1) is 0 Å². The van der Waals surface area contributed by atoms with E-state index < -0.39 is 17.5 Å². The summed E-state index contributed by atoms with van der Waals surface area (Å²) in [5.74, 6) is -0.447. The first-order chi connectivity index (χ1) is 15.1. The van der Waals surface area contributed by atoms with Crippen molar-refractivity contribution in [3.8, 4) is 0 Å². The van der Waals surface area contributed by atoms with Crippen LogP contribution in [0.3, 0.4) is 0 Å². The smallest absolute Gasteiger partial charge is 0.410 e. The maximum absolute atomic E-state index is 13.6. The zero-order valence-corrected chi connectivity index (χ0v) is 19.5. The van der Waals surface area contributed by atoms with Crippen molar-refractivity contribution in [3.05, 3.63) is 23.8 Å². The first-order valence-corrected chi connectivity index (χ1v) is 11.7. The van der Waals surface area contributed by atoms with Crippen LogP contribution in [-0.2, 0) is 4.74 Å². The molecule has 2 fully saturated rings. The normalized spacial score (nSPS) is 18.6. The average Bonchev–Trinajstić information content (AvgIpc) is 2.73. The molecule has 0 spiro atoms. The Bertz CT molecular complexity index is 795. The number of rotatable bonds is 6. The van der Waals surface area contributed by atoms with Crippen LogP contribution < -0.4 is 4.90 Å². The van der Waals surface area contributed by atoms with Crippen molar-refractivity contribution in [3.63, 3.8) is 0 Å². The minimum Gasteiger partial charge on any atom is -0.478 e. The summed E-state index contributed by atoms with van der Waals surface area (Å²) in [6.45, 7) is 8.69. The Balaban J connectivity index is 1.37. The third-order valence-electron chi connectivity index (χ3n) is 6.53. The number of carbonyl (C=O) groups excluding carboxylic acids is 1. The molecule has 8 heteroatoms. The predicted molar refractivity (Wildman–Crippen MR) is 120 cm³/mol. The highest BCUT2D eigenvalue weighted by Crippen LogP contribution is 2.31. The molecule has 1 amide bonds. The molecule has 2 saturated heterocycles. The lowest BCUT2D eigenvalue weighted by Crippen LogP contribution is -2.41. The van der Waals surface area contributed by atoms with E-state index in [1.165, 1.54) is 18.9 Å². The summed E-state index contributed by atoms with van der Waals surface area (Å²) in [5.41, 5.74) is 0.0346. The predicted octanol–water partition coefficient (Wildman–Crippen LogP) is 4.95. The number of piperidine rings is 2. The average molecular weight is 450 g/mol. The molecular formula is C24H36FN3O4. The number of ether oxygens (including phenoxy) is 1. The van der Waals surface area contributed by atoms with Crippen molar-refractivity contribution < 1.29 is 23.8 Å². The van der Waals surface area contributed by atoms with Gasteiger partial charge in [-0.1, -0.05) is 19.3 Å². The van der Waals surface area contributed by atoms with Gasteiger partial charge in [0.1, 0.15) is 11.2 Å². The number of pyridine rings is 1.